The Morgan fingerprint density at radius 3 is 1.83 bits per heavy atom. The Morgan fingerprint density at radius 1 is 0.626 bits per heavy atom. The van der Waals surface area contributed by atoms with E-state index >= 15 is 33.6 Å². The van der Waals surface area contributed by atoms with E-state index in [1.54, 1.807) is 11.8 Å². The number of halogens is 4. The minimum absolute atomic E-state index is 0.00570. The molecule has 3 saturated heterocycles. The number of likely N-dealkylation sites (tertiary alicyclic amines) is 1. The predicted octanol–water partition coefficient (Wildman–Crippen LogP) is 7.82. The number of aryl methyl sites for hydroxylation is 1. The van der Waals surface area contributed by atoms with E-state index in [9.17, 15) is 37.1 Å². The first-order valence-electron chi connectivity index (χ1n) is 38.9. The minimum Gasteiger partial charge on any atom is -0.343 e. The standard InChI is InChI=1S/C79H116ClF3N12O12/c1-12-51(4)68-75(105)89(7)48-66(98)87(5)49-67(99)91(9)62(43-52-27-17-13-18-28-52)73(103)88(6)47-64(96)84-59(36-34-53-33-35-57(58(80)42-53)79(81,82)83)72(102)95-46-56(54-29-19-14-20-30-54)44-61(95)71(101)86-78(37-23-24-38-78)77(107)93(11)69(55-31-21-15-22-32-55)76(106)92(10)63(74(104)94-39-25-16-26-40-94)45-65(97)90(8)60(41-50(2)3)70(100)85-68/h14,19-20,29-30,33,35,42,50-52,55-56,59-63,68-69H,12-13,15-18,21-28,31-32,34,36-41,43-49H2,1-11H3,(H,84,96)(H,85,100)(H,86,101)/t51-,56+,59-,60-,61-,62-,63-,68-,69-/m0/s1. The van der Waals surface area contributed by atoms with Gasteiger partial charge in [0.1, 0.15) is 47.8 Å². The molecule has 3 N–H and O–H groups in total. The lowest BCUT2D eigenvalue weighted by Crippen LogP contribution is -2.65. The fourth-order valence-corrected chi connectivity index (χ4v) is 17.2. The maximum Gasteiger partial charge on any atom is 0.417 e. The Balaban J connectivity index is 1.22. The molecule has 0 radical (unpaired) electrons. The van der Waals surface area contributed by atoms with Crippen LogP contribution in [0.2, 0.25) is 5.02 Å². The molecule has 3 heterocycles. The average molecular weight is 1520 g/mol. The fraction of sp³-hybridized carbons (Fsp3) is 0.696. The van der Waals surface area contributed by atoms with Crippen molar-refractivity contribution in [2.45, 2.75) is 242 Å². The normalized spacial score (nSPS) is 26.6. The zero-order chi connectivity index (χ0) is 78.4. The van der Waals surface area contributed by atoms with Crippen LogP contribution in [-0.4, -0.2) is 251 Å². The molecule has 24 nitrogen and oxygen atoms in total. The minimum atomic E-state index is -4.78. The van der Waals surface area contributed by atoms with E-state index in [-0.39, 0.29) is 63.3 Å². The van der Waals surface area contributed by atoms with Crippen LogP contribution >= 0.6 is 11.6 Å². The van der Waals surface area contributed by atoms with Crippen LogP contribution in [0, 0.1) is 23.7 Å². The van der Waals surface area contributed by atoms with Gasteiger partial charge in [-0.3, -0.25) is 57.5 Å². The number of benzene rings is 2. The highest BCUT2D eigenvalue weighted by molar-refractivity contribution is 6.31. The first-order valence-corrected chi connectivity index (χ1v) is 39.2. The number of hydrogen-bond donors (Lipinski definition) is 3. The largest absolute Gasteiger partial charge is 0.417 e. The van der Waals surface area contributed by atoms with E-state index in [1.807, 2.05) is 51.1 Å². The number of rotatable bonds is 12. The molecule has 592 valence electrons. The van der Waals surface area contributed by atoms with Gasteiger partial charge in [-0.25, -0.2) is 0 Å². The van der Waals surface area contributed by atoms with Gasteiger partial charge in [-0.1, -0.05) is 146 Å². The summed E-state index contributed by atoms with van der Waals surface area (Å²) in [4.78, 5) is 194. The molecule has 3 aliphatic carbocycles. The molecular formula is C79H116ClF3N12O12. The summed E-state index contributed by atoms with van der Waals surface area (Å²) in [6, 6.07) is 3.45. The van der Waals surface area contributed by atoms with Gasteiger partial charge in [-0.15, -0.1) is 0 Å². The van der Waals surface area contributed by atoms with E-state index < -0.39 is 179 Å². The highest BCUT2D eigenvalue weighted by Crippen LogP contribution is 2.40. The van der Waals surface area contributed by atoms with Crippen LogP contribution in [-0.2, 0) is 70.1 Å². The van der Waals surface area contributed by atoms with Gasteiger partial charge in [-0.2, -0.15) is 13.2 Å². The summed E-state index contributed by atoms with van der Waals surface area (Å²) >= 11 is 6.24. The second-order valence-electron chi connectivity index (χ2n) is 31.8. The van der Waals surface area contributed by atoms with Gasteiger partial charge in [0.25, 0.3) is 0 Å². The number of nitrogens with zero attached hydrogens (tertiary/aromatic N) is 9. The molecule has 12 amide bonds. The van der Waals surface area contributed by atoms with E-state index in [4.69, 9.17) is 11.6 Å². The second kappa shape index (κ2) is 38.0. The third kappa shape index (κ3) is 21.4. The quantitative estimate of drug-likeness (QED) is 0.184. The summed E-state index contributed by atoms with van der Waals surface area (Å²) < 4.78 is 42.1. The van der Waals surface area contributed by atoms with Crippen molar-refractivity contribution in [2.75, 3.05) is 88.6 Å². The van der Waals surface area contributed by atoms with Crippen LogP contribution in [0.15, 0.2) is 48.5 Å². The van der Waals surface area contributed by atoms with Crippen LogP contribution in [0.1, 0.15) is 198 Å². The highest BCUT2D eigenvalue weighted by Gasteiger charge is 2.52. The maximum absolute atomic E-state index is 16.0. The molecule has 1 spiro atoms. The number of alkyl halides is 3. The van der Waals surface area contributed by atoms with Crippen LogP contribution in [0.5, 0.6) is 0 Å². The Kier molecular flexibility index (Phi) is 30.1. The second-order valence-corrected chi connectivity index (χ2v) is 32.2. The number of fused-ring (bicyclic) bond motifs is 1. The van der Waals surface area contributed by atoms with Gasteiger partial charge in [0.15, 0.2) is 0 Å². The average Bonchev–Trinajstić information content (AvgIpc) is 1.71. The fourth-order valence-electron chi connectivity index (χ4n) is 16.8. The molecule has 0 aromatic heterocycles. The van der Waals surface area contributed by atoms with Crippen molar-refractivity contribution in [3.8, 4) is 0 Å². The van der Waals surface area contributed by atoms with Crippen LogP contribution in [0.25, 0.3) is 0 Å². The van der Waals surface area contributed by atoms with Crippen LogP contribution in [0.4, 0.5) is 13.2 Å². The molecular weight excluding hydrogens is 1400 g/mol. The predicted molar refractivity (Wildman–Crippen MR) is 398 cm³/mol. The molecule has 6 aliphatic rings. The summed E-state index contributed by atoms with van der Waals surface area (Å²) in [6.07, 6.45) is 6.38. The van der Waals surface area contributed by atoms with Gasteiger partial charge < -0.3 is 60.0 Å². The topological polar surface area (TPSA) is 270 Å². The number of nitrogens with one attached hydrogen (secondary N) is 3. The van der Waals surface area contributed by atoms with Crippen molar-refractivity contribution >= 4 is 82.5 Å². The molecule has 9 atom stereocenters. The Morgan fingerprint density at radius 2 is 1.22 bits per heavy atom. The lowest BCUT2D eigenvalue weighted by molar-refractivity contribution is -0.157. The van der Waals surface area contributed by atoms with Crippen molar-refractivity contribution in [3.05, 3.63) is 70.2 Å². The zero-order valence-electron chi connectivity index (χ0n) is 64.7. The molecule has 0 unspecified atom stereocenters. The van der Waals surface area contributed by atoms with Crippen molar-refractivity contribution in [1.29, 1.82) is 0 Å². The zero-order valence-corrected chi connectivity index (χ0v) is 65.5. The number of carbonyl (C=O) groups excluding carboxylic acids is 12. The molecule has 2 aromatic carbocycles. The summed E-state index contributed by atoms with van der Waals surface area (Å²) in [5.41, 5.74) is -1.62. The lowest BCUT2D eigenvalue weighted by Gasteiger charge is -2.43. The number of piperidine rings is 1. The van der Waals surface area contributed by atoms with Gasteiger partial charge >= 0.3 is 6.18 Å². The van der Waals surface area contributed by atoms with Gasteiger partial charge in [-0.05, 0) is 124 Å². The molecule has 2 aromatic rings. The molecule has 3 saturated carbocycles. The molecule has 3 aliphatic heterocycles. The monoisotopic (exact) mass is 1520 g/mol. The summed E-state index contributed by atoms with van der Waals surface area (Å²) in [7, 11) is 10.1. The molecule has 28 heteroatoms. The number of hydrogen-bond acceptors (Lipinski definition) is 12. The number of carbonyl (C=O) groups is 12. The van der Waals surface area contributed by atoms with E-state index in [1.165, 1.54) is 79.9 Å². The van der Waals surface area contributed by atoms with Crippen molar-refractivity contribution in [2.24, 2.45) is 23.7 Å². The third-order valence-corrected chi connectivity index (χ3v) is 24.0. The summed E-state index contributed by atoms with van der Waals surface area (Å²) in [5.74, 6) is -9.32. The van der Waals surface area contributed by atoms with Crippen molar-refractivity contribution in [3.63, 3.8) is 0 Å². The van der Waals surface area contributed by atoms with E-state index in [2.05, 4.69) is 16.0 Å². The van der Waals surface area contributed by atoms with E-state index in [0.717, 1.165) is 90.2 Å². The Labute approximate surface area is 634 Å². The van der Waals surface area contributed by atoms with Crippen molar-refractivity contribution < 1.29 is 70.7 Å². The van der Waals surface area contributed by atoms with Gasteiger partial charge in [0.05, 0.1) is 36.6 Å². The molecule has 8 rings (SSSR count). The highest BCUT2D eigenvalue weighted by atomic mass is 35.5. The third-order valence-electron chi connectivity index (χ3n) is 23.7. The first kappa shape index (κ1) is 84.8. The first-order chi connectivity index (χ1) is 50.7. The van der Waals surface area contributed by atoms with Crippen molar-refractivity contribution in [1.82, 2.24) is 60.0 Å². The summed E-state index contributed by atoms with van der Waals surface area (Å²) in [5, 5.41) is 8.33. The molecule has 107 heavy (non-hydrogen) atoms. The van der Waals surface area contributed by atoms with Crippen LogP contribution < -0.4 is 16.0 Å². The Hall–Kier alpha value is -7.84. The molecule has 6 fully saturated rings. The maximum atomic E-state index is 16.0. The number of amides is 12. The smallest absolute Gasteiger partial charge is 0.343 e. The van der Waals surface area contributed by atoms with Gasteiger partial charge in [0, 0.05) is 74.9 Å². The molecule has 0 bridgehead atoms. The summed E-state index contributed by atoms with van der Waals surface area (Å²) in [6.45, 7) is 6.33. The lowest BCUT2D eigenvalue weighted by atomic mass is 9.81. The van der Waals surface area contributed by atoms with Gasteiger partial charge in [0.2, 0.25) is 70.9 Å². The SMILES string of the molecule is CC[C@H](C)[C@@H]1NC(=O)[C@H](CC(C)C)N(C)C(=O)C[C@@H](C(=O)N2CCCCC2)N(C)C(=O)[C@H](C2CCCCC2)N(C)C(=O)C2(CCCC2)NC(=O)[C@@H]2C[C@@H](c3ccccc3)CN2C(=O)[C@H](CCc2ccc(C(F)(F)F)c(Cl)c2)NC(=O)CN(C)C(=O)[C@H](CC2CCCCC2)N(C)C(=O)CN(C)C(=O)CN(C)C1=O. The number of likely N-dealkylation sites (N-methyl/N-ethyl adjacent to an activating group) is 7. The van der Waals surface area contributed by atoms with E-state index in [0.29, 0.717) is 63.6 Å². The van der Waals surface area contributed by atoms with Crippen LogP contribution in [0.3, 0.4) is 0 Å². The Bertz CT molecular complexity index is 3490.